The lowest BCUT2D eigenvalue weighted by Gasteiger charge is -2.01. The van der Waals surface area contributed by atoms with Crippen molar-refractivity contribution in [1.29, 1.82) is 0 Å². The van der Waals surface area contributed by atoms with Crippen LogP contribution in [0.25, 0.3) is 6.08 Å². The van der Waals surface area contributed by atoms with Crippen molar-refractivity contribution < 1.29 is 9.53 Å². The highest BCUT2D eigenvalue weighted by Gasteiger charge is 2.07. The Bertz CT molecular complexity index is 375. The van der Waals surface area contributed by atoms with Gasteiger partial charge < -0.3 is 10.1 Å². The van der Waals surface area contributed by atoms with Crippen LogP contribution in [0.15, 0.2) is 24.3 Å². The van der Waals surface area contributed by atoms with E-state index in [0.29, 0.717) is 12.3 Å². The largest absolute Gasteiger partial charge is 0.461 e. The summed E-state index contributed by atoms with van der Waals surface area (Å²) in [5.41, 5.74) is 1.09. The fraction of sp³-hybridized carbons (Fsp3) is 0.333. The zero-order valence-corrected chi connectivity index (χ0v) is 9.56. The van der Waals surface area contributed by atoms with Gasteiger partial charge in [0.1, 0.15) is 5.69 Å². The van der Waals surface area contributed by atoms with Crippen molar-refractivity contribution in [3.8, 4) is 0 Å². The maximum atomic E-state index is 11.4. The fourth-order valence-corrected chi connectivity index (χ4v) is 1.16. The molecule has 0 fully saturated rings. The van der Waals surface area contributed by atoms with Crippen LogP contribution in [0.5, 0.6) is 0 Å². The van der Waals surface area contributed by atoms with Gasteiger partial charge in [-0.15, -0.1) is 0 Å². The number of rotatable bonds is 5. The molecule has 0 spiro atoms. The molecule has 0 aliphatic carbocycles. The topological polar surface area (TPSA) is 51.2 Å². The van der Waals surface area contributed by atoms with E-state index in [1.807, 2.05) is 25.3 Å². The number of carbonyl (C=O) groups is 1. The third-order valence-corrected chi connectivity index (χ3v) is 1.87. The first kappa shape index (κ1) is 12.4. The second kappa shape index (κ2) is 6.74. The van der Waals surface area contributed by atoms with Gasteiger partial charge in [-0.3, -0.25) is 0 Å². The molecule has 0 radical (unpaired) electrons. The molecule has 1 aromatic heterocycles. The van der Waals surface area contributed by atoms with Crippen LogP contribution in [0.3, 0.4) is 0 Å². The van der Waals surface area contributed by atoms with Crippen LogP contribution in [0.2, 0.25) is 0 Å². The van der Waals surface area contributed by atoms with Crippen LogP contribution in [0.4, 0.5) is 0 Å². The predicted octanol–water partition coefficient (Wildman–Crippen LogP) is 1.49. The predicted molar refractivity (Wildman–Crippen MR) is 63.2 cm³/mol. The second-order valence-electron chi connectivity index (χ2n) is 3.13. The first-order valence-corrected chi connectivity index (χ1v) is 5.23. The van der Waals surface area contributed by atoms with Crippen molar-refractivity contribution in [1.82, 2.24) is 10.3 Å². The minimum absolute atomic E-state index is 0.341. The van der Waals surface area contributed by atoms with E-state index in [0.717, 1.165) is 12.2 Å². The number of hydrogen-bond acceptors (Lipinski definition) is 4. The Balaban J connectivity index is 2.74. The van der Waals surface area contributed by atoms with Crippen LogP contribution in [-0.2, 0) is 4.74 Å². The molecule has 86 valence electrons. The van der Waals surface area contributed by atoms with Crippen molar-refractivity contribution >= 4 is 12.0 Å². The zero-order valence-electron chi connectivity index (χ0n) is 9.56. The van der Waals surface area contributed by atoms with Gasteiger partial charge in [0.2, 0.25) is 0 Å². The summed E-state index contributed by atoms with van der Waals surface area (Å²) in [5.74, 6) is -0.383. The van der Waals surface area contributed by atoms with E-state index in [4.69, 9.17) is 4.74 Å². The Kier molecular flexibility index (Phi) is 5.22. The Morgan fingerprint density at radius 2 is 2.38 bits per heavy atom. The molecule has 0 aliphatic rings. The monoisotopic (exact) mass is 220 g/mol. The van der Waals surface area contributed by atoms with E-state index in [1.165, 1.54) is 0 Å². The van der Waals surface area contributed by atoms with Crippen molar-refractivity contribution in [3.63, 3.8) is 0 Å². The molecule has 1 heterocycles. The van der Waals surface area contributed by atoms with E-state index >= 15 is 0 Å². The van der Waals surface area contributed by atoms with Gasteiger partial charge in [-0.2, -0.15) is 0 Å². The third kappa shape index (κ3) is 3.82. The zero-order chi connectivity index (χ0) is 11.8. The number of pyridine rings is 1. The Morgan fingerprint density at radius 1 is 1.56 bits per heavy atom. The highest BCUT2D eigenvalue weighted by molar-refractivity contribution is 5.87. The van der Waals surface area contributed by atoms with Crippen molar-refractivity contribution in [2.24, 2.45) is 0 Å². The smallest absolute Gasteiger partial charge is 0.356 e. The Morgan fingerprint density at radius 3 is 3.06 bits per heavy atom. The average molecular weight is 220 g/mol. The normalized spacial score (nSPS) is 10.6. The van der Waals surface area contributed by atoms with Gasteiger partial charge in [0.05, 0.1) is 12.3 Å². The van der Waals surface area contributed by atoms with Crippen molar-refractivity contribution in [2.45, 2.75) is 6.92 Å². The minimum atomic E-state index is -0.383. The van der Waals surface area contributed by atoms with Crippen LogP contribution in [-0.4, -0.2) is 31.2 Å². The maximum absolute atomic E-state index is 11.4. The van der Waals surface area contributed by atoms with Gasteiger partial charge in [0.25, 0.3) is 0 Å². The molecule has 0 aliphatic heterocycles. The molecule has 4 nitrogen and oxygen atoms in total. The molecule has 0 saturated carbocycles. The summed E-state index contributed by atoms with van der Waals surface area (Å²) in [4.78, 5) is 15.6. The molecule has 0 unspecified atom stereocenters. The molecule has 0 amide bonds. The van der Waals surface area contributed by atoms with Crippen LogP contribution >= 0.6 is 0 Å². The molecule has 0 atom stereocenters. The summed E-state index contributed by atoms with van der Waals surface area (Å²) in [5, 5.41) is 2.99. The molecule has 1 rings (SSSR count). The van der Waals surface area contributed by atoms with E-state index in [2.05, 4.69) is 10.3 Å². The number of esters is 1. The summed E-state index contributed by atoms with van der Waals surface area (Å²) < 4.78 is 4.87. The molecular weight excluding hydrogens is 204 g/mol. The minimum Gasteiger partial charge on any atom is -0.461 e. The molecule has 1 aromatic rings. The highest BCUT2D eigenvalue weighted by atomic mass is 16.5. The van der Waals surface area contributed by atoms with Gasteiger partial charge in [-0.25, -0.2) is 9.78 Å². The fourth-order valence-electron chi connectivity index (χ4n) is 1.16. The second-order valence-corrected chi connectivity index (χ2v) is 3.13. The number of ether oxygens (including phenoxy) is 1. The summed E-state index contributed by atoms with van der Waals surface area (Å²) in [6.45, 7) is 2.90. The standard InChI is InChI=1S/C12H16N2O2/c1-3-16-12(15)11-8-4-6-10(14-11)7-5-9-13-2/h4-8,13H,3,9H2,1-2H3. The number of aromatic nitrogens is 1. The van der Waals surface area contributed by atoms with E-state index < -0.39 is 0 Å². The van der Waals surface area contributed by atoms with Crippen molar-refractivity contribution in [3.05, 3.63) is 35.7 Å². The number of nitrogens with one attached hydrogen (secondary N) is 1. The number of nitrogens with zero attached hydrogens (tertiary/aromatic N) is 1. The van der Waals surface area contributed by atoms with Crippen molar-refractivity contribution in [2.75, 3.05) is 20.2 Å². The quantitative estimate of drug-likeness (QED) is 0.764. The molecule has 0 saturated heterocycles. The van der Waals surface area contributed by atoms with Crippen LogP contribution in [0, 0.1) is 0 Å². The SMILES string of the molecule is CCOC(=O)c1cccc(C=CCNC)n1. The number of hydrogen-bond donors (Lipinski definition) is 1. The lowest BCUT2D eigenvalue weighted by atomic mass is 10.3. The summed E-state index contributed by atoms with van der Waals surface area (Å²) in [7, 11) is 1.87. The number of likely N-dealkylation sites (N-methyl/N-ethyl adjacent to an activating group) is 1. The summed E-state index contributed by atoms with van der Waals surface area (Å²) in [6, 6.07) is 5.28. The van der Waals surface area contributed by atoms with Gasteiger partial charge in [-0.1, -0.05) is 12.1 Å². The molecule has 4 heteroatoms. The van der Waals surface area contributed by atoms with Crippen LogP contribution < -0.4 is 5.32 Å². The van der Waals surface area contributed by atoms with Gasteiger partial charge in [0.15, 0.2) is 0 Å². The highest BCUT2D eigenvalue weighted by Crippen LogP contribution is 2.03. The molecule has 16 heavy (non-hydrogen) atoms. The van der Waals surface area contributed by atoms with E-state index in [1.54, 1.807) is 19.1 Å². The number of carbonyl (C=O) groups excluding carboxylic acids is 1. The average Bonchev–Trinajstić information content (AvgIpc) is 2.30. The van der Waals surface area contributed by atoms with E-state index in [9.17, 15) is 4.79 Å². The molecular formula is C12H16N2O2. The van der Waals surface area contributed by atoms with Gasteiger partial charge >= 0.3 is 5.97 Å². The molecule has 0 aromatic carbocycles. The molecule has 0 bridgehead atoms. The van der Waals surface area contributed by atoms with Crippen LogP contribution in [0.1, 0.15) is 23.1 Å². The maximum Gasteiger partial charge on any atom is 0.356 e. The summed E-state index contributed by atoms with van der Waals surface area (Å²) >= 11 is 0. The Labute approximate surface area is 95.3 Å². The van der Waals surface area contributed by atoms with E-state index in [-0.39, 0.29) is 5.97 Å². The third-order valence-electron chi connectivity index (χ3n) is 1.87. The lowest BCUT2D eigenvalue weighted by molar-refractivity contribution is 0.0519. The first-order chi connectivity index (χ1) is 7.77. The molecule has 1 N–H and O–H groups in total. The lowest BCUT2D eigenvalue weighted by Crippen LogP contribution is -2.07. The first-order valence-electron chi connectivity index (χ1n) is 5.23. The van der Waals surface area contributed by atoms with Gasteiger partial charge in [-0.05, 0) is 32.2 Å². The Hall–Kier alpha value is -1.68. The summed E-state index contributed by atoms with van der Waals surface area (Å²) in [6.07, 6.45) is 3.80. The van der Waals surface area contributed by atoms with Gasteiger partial charge in [0, 0.05) is 6.54 Å².